The summed E-state index contributed by atoms with van der Waals surface area (Å²) in [7, 11) is 6.17. The molecule has 31 heavy (non-hydrogen) atoms. The number of rotatable bonds is 7. The van der Waals surface area contributed by atoms with Crippen molar-refractivity contribution < 1.29 is 0 Å². The minimum absolute atomic E-state index is 0.0162. The zero-order valence-electron chi connectivity index (χ0n) is 19.0. The molecule has 0 amide bonds. The van der Waals surface area contributed by atoms with Crippen LogP contribution < -0.4 is 16.9 Å². The van der Waals surface area contributed by atoms with Gasteiger partial charge in [-0.2, -0.15) is 9.97 Å². The number of aromatic nitrogens is 5. The molecule has 3 rings (SSSR count). The fourth-order valence-electron chi connectivity index (χ4n) is 3.96. The minimum atomic E-state index is -0.232. The Morgan fingerprint density at radius 2 is 1.81 bits per heavy atom. The Morgan fingerprint density at radius 1 is 1.16 bits per heavy atom. The molecule has 3 aromatic rings. The van der Waals surface area contributed by atoms with Gasteiger partial charge in [0.25, 0.3) is 0 Å². The van der Waals surface area contributed by atoms with E-state index < -0.39 is 0 Å². The van der Waals surface area contributed by atoms with E-state index in [-0.39, 0.29) is 23.3 Å². The summed E-state index contributed by atoms with van der Waals surface area (Å²) in [6.45, 7) is 13.7. The molecule has 0 fully saturated rings. The van der Waals surface area contributed by atoms with Crippen molar-refractivity contribution in [3.05, 3.63) is 38.7 Å². The number of anilines is 1. The Morgan fingerprint density at radius 3 is 2.42 bits per heavy atom. The molecule has 3 aromatic heterocycles. The quantitative estimate of drug-likeness (QED) is 0.444. The molecule has 2 radical (unpaired) electrons. The Labute approximate surface area is 188 Å². The normalized spacial score (nSPS) is 12.1. The van der Waals surface area contributed by atoms with Crippen LogP contribution in [0.3, 0.4) is 0 Å². The second kappa shape index (κ2) is 9.00. The van der Waals surface area contributed by atoms with Gasteiger partial charge < -0.3 is 5.73 Å². The van der Waals surface area contributed by atoms with Crippen LogP contribution in [0.15, 0.2) is 11.0 Å². The number of nitrogens with two attached hydrogens (primary N) is 1. The van der Waals surface area contributed by atoms with Crippen molar-refractivity contribution in [1.29, 1.82) is 0 Å². The van der Waals surface area contributed by atoms with Crippen molar-refractivity contribution in [2.75, 3.05) is 12.3 Å². The third-order valence-electron chi connectivity index (χ3n) is 5.72. The lowest BCUT2D eigenvalue weighted by Gasteiger charge is -2.30. The number of hydrogen-bond acceptors (Lipinski definition) is 6. The summed E-state index contributed by atoms with van der Waals surface area (Å²) in [5.74, 6) is 0.0162. The first-order valence-corrected chi connectivity index (χ1v) is 10.8. The van der Waals surface area contributed by atoms with Gasteiger partial charge in [-0.05, 0) is 52.7 Å². The van der Waals surface area contributed by atoms with E-state index in [1.807, 2.05) is 13.8 Å². The van der Waals surface area contributed by atoms with Crippen LogP contribution in [0, 0.1) is 13.8 Å². The molecule has 0 unspecified atom stereocenters. The smallest absolute Gasteiger partial charge is 0.330 e. The van der Waals surface area contributed by atoms with E-state index in [0.29, 0.717) is 47.5 Å². The molecule has 164 valence electrons. The summed E-state index contributed by atoms with van der Waals surface area (Å²) in [5, 5.41) is 0.159. The van der Waals surface area contributed by atoms with E-state index >= 15 is 0 Å². The molecule has 0 saturated carbocycles. The highest BCUT2D eigenvalue weighted by atomic mass is 35.5. The third kappa shape index (κ3) is 4.48. The highest BCUT2D eigenvalue weighted by Gasteiger charge is 2.22. The predicted molar refractivity (Wildman–Crippen MR) is 126 cm³/mol. The molecule has 0 aliphatic rings. The second-order valence-corrected chi connectivity index (χ2v) is 8.78. The van der Waals surface area contributed by atoms with Crippen LogP contribution in [-0.2, 0) is 13.1 Å². The summed E-state index contributed by atoms with van der Waals surface area (Å²) >= 11 is 6.42. The average Bonchev–Trinajstić information content (AvgIpc) is 2.93. The van der Waals surface area contributed by atoms with Gasteiger partial charge in [0.15, 0.2) is 10.8 Å². The molecule has 2 N–H and O–H groups in total. The van der Waals surface area contributed by atoms with Gasteiger partial charge in [-0.15, -0.1) is 0 Å². The molecule has 0 saturated heterocycles. The Kier molecular flexibility index (Phi) is 6.76. The molecule has 0 aromatic carbocycles. The van der Waals surface area contributed by atoms with E-state index in [0.717, 1.165) is 11.1 Å². The van der Waals surface area contributed by atoms with E-state index in [1.54, 1.807) is 15.3 Å². The molecule has 0 atom stereocenters. The average molecular weight is 442 g/mol. The monoisotopic (exact) mass is 441 g/mol. The standard InChI is InChI=1S/C21H29BClN7O/c1-11(2)28(12(3)4)7-8-29-17-18(23)26-20(24)27-19(17)30(21(29)31)10-15-14(6)16(22)13(5)9-25-15/h9,11-12H,7-8,10H2,1-6H3,(H2,24,26,27). The highest BCUT2D eigenvalue weighted by Crippen LogP contribution is 2.22. The maximum absolute atomic E-state index is 13.5. The van der Waals surface area contributed by atoms with E-state index in [1.165, 1.54) is 0 Å². The molecule has 0 aliphatic heterocycles. The van der Waals surface area contributed by atoms with E-state index in [4.69, 9.17) is 25.2 Å². The topological polar surface area (TPSA) is 94.9 Å². The number of fused-ring (bicyclic) bond motifs is 1. The fourth-order valence-corrected chi connectivity index (χ4v) is 4.24. The molecular weight excluding hydrogens is 413 g/mol. The summed E-state index contributed by atoms with van der Waals surface area (Å²) in [4.78, 5) is 28.7. The van der Waals surface area contributed by atoms with Crippen LogP contribution >= 0.6 is 11.6 Å². The highest BCUT2D eigenvalue weighted by molar-refractivity contribution is 6.34. The molecule has 8 nitrogen and oxygen atoms in total. The van der Waals surface area contributed by atoms with Crippen molar-refractivity contribution in [3.8, 4) is 0 Å². The van der Waals surface area contributed by atoms with Crippen LogP contribution in [0.2, 0.25) is 5.15 Å². The number of imidazole rings is 1. The van der Waals surface area contributed by atoms with Crippen LogP contribution in [-0.4, -0.2) is 55.5 Å². The number of aryl methyl sites for hydroxylation is 1. The molecule has 0 spiro atoms. The van der Waals surface area contributed by atoms with E-state index in [9.17, 15) is 4.79 Å². The van der Waals surface area contributed by atoms with Gasteiger partial charge in [0.2, 0.25) is 5.95 Å². The Bertz CT molecular complexity index is 1160. The van der Waals surface area contributed by atoms with Crippen molar-refractivity contribution in [1.82, 2.24) is 29.0 Å². The second-order valence-electron chi connectivity index (χ2n) is 8.42. The molecule has 3 heterocycles. The van der Waals surface area contributed by atoms with Gasteiger partial charge in [0.1, 0.15) is 13.4 Å². The number of halogens is 1. The van der Waals surface area contributed by atoms with E-state index in [2.05, 4.69) is 47.5 Å². The van der Waals surface area contributed by atoms with Gasteiger partial charge >= 0.3 is 5.69 Å². The first-order valence-electron chi connectivity index (χ1n) is 10.4. The largest absolute Gasteiger partial charge is 0.368 e. The van der Waals surface area contributed by atoms with Gasteiger partial charge in [-0.1, -0.05) is 17.1 Å². The number of nitrogen functional groups attached to an aromatic ring is 1. The molecule has 0 bridgehead atoms. The van der Waals surface area contributed by atoms with Crippen molar-refractivity contribution in [2.24, 2.45) is 0 Å². The first-order chi connectivity index (χ1) is 14.5. The summed E-state index contributed by atoms with van der Waals surface area (Å²) in [6, 6.07) is 0.683. The maximum atomic E-state index is 13.5. The van der Waals surface area contributed by atoms with Crippen molar-refractivity contribution >= 4 is 42.0 Å². The first kappa shape index (κ1) is 23.3. The zero-order chi connectivity index (χ0) is 23.0. The predicted octanol–water partition coefficient (Wildman–Crippen LogP) is 1.80. The number of pyridine rings is 1. The van der Waals surface area contributed by atoms with Gasteiger partial charge in [-0.25, -0.2) is 4.79 Å². The SMILES string of the molecule is [B]c1c(C)cnc(Cn2c(=O)n(CCN(C(C)C)C(C)C)c3c(Cl)nc(N)nc32)c1C. The number of nitrogens with zero attached hydrogens (tertiary/aromatic N) is 6. The van der Waals surface area contributed by atoms with Crippen LogP contribution in [0.25, 0.3) is 11.2 Å². The van der Waals surface area contributed by atoms with Crippen LogP contribution in [0.4, 0.5) is 5.95 Å². The van der Waals surface area contributed by atoms with Crippen molar-refractivity contribution in [3.63, 3.8) is 0 Å². The van der Waals surface area contributed by atoms with Gasteiger partial charge in [0, 0.05) is 31.4 Å². The molecule has 0 aliphatic carbocycles. The number of hydrogen-bond donors (Lipinski definition) is 1. The lowest BCUT2D eigenvalue weighted by Crippen LogP contribution is -2.40. The summed E-state index contributed by atoms with van der Waals surface area (Å²) in [6.07, 6.45) is 1.71. The third-order valence-corrected chi connectivity index (χ3v) is 5.98. The fraction of sp³-hybridized carbons (Fsp3) is 0.524. The Hall–Kier alpha value is -2.39. The summed E-state index contributed by atoms with van der Waals surface area (Å²) < 4.78 is 3.17. The van der Waals surface area contributed by atoms with Crippen LogP contribution in [0.1, 0.15) is 44.5 Å². The van der Waals surface area contributed by atoms with Gasteiger partial charge in [0.05, 0.1) is 12.2 Å². The summed E-state index contributed by atoms with van der Waals surface area (Å²) in [5.41, 5.74) is 9.58. The van der Waals surface area contributed by atoms with Crippen LogP contribution in [0.5, 0.6) is 0 Å². The molecular formula is C21H29BClN7O. The van der Waals surface area contributed by atoms with Crippen molar-refractivity contribution in [2.45, 2.75) is 66.7 Å². The Balaban J connectivity index is 2.12. The molecule has 10 heteroatoms. The lowest BCUT2D eigenvalue weighted by atomic mass is 9.87. The lowest BCUT2D eigenvalue weighted by molar-refractivity contribution is 0.168. The maximum Gasteiger partial charge on any atom is 0.330 e. The zero-order valence-corrected chi connectivity index (χ0v) is 19.7. The van der Waals surface area contributed by atoms with Gasteiger partial charge in [-0.3, -0.25) is 19.0 Å². The minimum Gasteiger partial charge on any atom is -0.368 e.